The number of hydrogen-bond acceptors (Lipinski definition) is 4. The number of urea groups is 1. The molecule has 0 bridgehead atoms. The van der Waals surface area contributed by atoms with Gasteiger partial charge >= 0.3 is 12.0 Å². The van der Waals surface area contributed by atoms with Gasteiger partial charge in [0, 0.05) is 27.1 Å². The lowest BCUT2D eigenvalue weighted by molar-refractivity contribution is -0.139. The van der Waals surface area contributed by atoms with Gasteiger partial charge in [-0.1, -0.05) is 0 Å². The molecule has 120 valence electrons. The Morgan fingerprint density at radius 1 is 1.24 bits per heavy atom. The van der Waals surface area contributed by atoms with Gasteiger partial charge < -0.3 is 26.0 Å². The molecule has 0 aliphatic carbocycles. The topological polar surface area (TPSA) is 133 Å². The highest BCUT2D eigenvalue weighted by Gasteiger charge is 2.24. The number of carbonyl (C=O) groups excluding carboxylic acids is 3. The third kappa shape index (κ3) is 7.14. The first-order valence-electron chi connectivity index (χ1n) is 6.45. The fourth-order valence-electron chi connectivity index (χ4n) is 1.42. The molecule has 0 spiro atoms. The minimum Gasteiger partial charge on any atom is -0.480 e. The summed E-state index contributed by atoms with van der Waals surface area (Å²) in [5, 5.41) is 11.3. The van der Waals surface area contributed by atoms with E-state index in [1.165, 1.54) is 9.80 Å². The van der Waals surface area contributed by atoms with Crippen molar-refractivity contribution in [2.45, 2.75) is 25.8 Å². The van der Waals surface area contributed by atoms with E-state index in [-0.39, 0.29) is 31.8 Å². The van der Waals surface area contributed by atoms with Gasteiger partial charge in [0.25, 0.3) is 0 Å². The molecule has 9 heteroatoms. The predicted molar refractivity (Wildman–Crippen MR) is 74.3 cm³/mol. The van der Waals surface area contributed by atoms with Crippen LogP contribution in [0.3, 0.4) is 0 Å². The molecule has 0 fully saturated rings. The maximum absolute atomic E-state index is 12.0. The third-order valence-corrected chi connectivity index (χ3v) is 2.77. The van der Waals surface area contributed by atoms with Crippen molar-refractivity contribution in [1.82, 2.24) is 15.1 Å². The number of nitrogens with two attached hydrogens (primary N) is 1. The second kappa shape index (κ2) is 8.77. The number of hydrogen-bond donors (Lipinski definition) is 3. The predicted octanol–water partition coefficient (Wildman–Crippen LogP) is -1.18. The first-order valence-corrected chi connectivity index (χ1v) is 6.45. The Bertz CT molecular complexity index is 410. The summed E-state index contributed by atoms with van der Waals surface area (Å²) in [5.41, 5.74) is 4.95. The molecule has 4 N–H and O–H groups in total. The van der Waals surface area contributed by atoms with Crippen LogP contribution in [0.15, 0.2) is 0 Å². The van der Waals surface area contributed by atoms with E-state index < -0.39 is 23.9 Å². The Morgan fingerprint density at radius 3 is 2.19 bits per heavy atom. The molecule has 0 aliphatic heterocycles. The number of rotatable bonds is 8. The molecule has 4 amide bonds. The molecule has 0 heterocycles. The number of amides is 4. The number of aliphatic carboxylic acids is 1. The monoisotopic (exact) mass is 302 g/mol. The average molecular weight is 302 g/mol. The maximum Gasteiger partial charge on any atom is 0.326 e. The number of carboxylic acid groups (broad SMARTS) is 1. The molecule has 0 aromatic carbocycles. The van der Waals surface area contributed by atoms with Crippen LogP contribution in [0.5, 0.6) is 0 Å². The Balaban J connectivity index is 4.66. The first kappa shape index (κ1) is 18.7. The van der Waals surface area contributed by atoms with Crippen molar-refractivity contribution >= 4 is 23.8 Å². The summed E-state index contributed by atoms with van der Waals surface area (Å²) in [6, 6.07) is -1.90. The number of carbonyl (C=O) groups is 4. The number of primary amides is 1. The Morgan fingerprint density at radius 2 is 1.81 bits per heavy atom. The number of carboxylic acids is 1. The van der Waals surface area contributed by atoms with Crippen molar-refractivity contribution in [3.05, 3.63) is 0 Å². The van der Waals surface area contributed by atoms with Crippen molar-refractivity contribution in [1.29, 1.82) is 0 Å². The van der Waals surface area contributed by atoms with E-state index >= 15 is 0 Å². The van der Waals surface area contributed by atoms with E-state index in [4.69, 9.17) is 10.8 Å². The van der Waals surface area contributed by atoms with E-state index in [0.29, 0.717) is 0 Å². The summed E-state index contributed by atoms with van der Waals surface area (Å²) in [5.74, 6) is -2.19. The Kier molecular flexibility index (Phi) is 7.80. The molecule has 1 atom stereocenters. The minimum absolute atomic E-state index is 0.102. The molecule has 0 aromatic heterocycles. The van der Waals surface area contributed by atoms with E-state index in [0.717, 1.165) is 0 Å². The molecule has 0 aromatic rings. The van der Waals surface area contributed by atoms with Gasteiger partial charge in [-0.15, -0.1) is 0 Å². The van der Waals surface area contributed by atoms with Crippen molar-refractivity contribution in [2.24, 2.45) is 5.73 Å². The van der Waals surface area contributed by atoms with Crippen LogP contribution in [0, 0.1) is 0 Å². The molecule has 0 unspecified atom stereocenters. The lowest BCUT2D eigenvalue weighted by atomic mass is 10.1. The lowest BCUT2D eigenvalue weighted by Crippen LogP contribution is -2.50. The molecule has 0 rings (SSSR count). The number of likely N-dealkylation sites (N-methyl/N-ethyl adjacent to an activating group) is 2. The fraction of sp³-hybridized carbons (Fsp3) is 0.667. The second-order valence-corrected chi connectivity index (χ2v) is 4.65. The highest BCUT2D eigenvalue weighted by Crippen LogP contribution is 2.00. The number of nitrogens with zero attached hydrogens (tertiary/aromatic N) is 2. The Hall–Kier alpha value is -2.32. The molecule has 0 aliphatic rings. The molecule has 0 radical (unpaired) electrons. The smallest absolute Gasteiger partial charge is 0.326 e. The summed E-state index contributed by atoms with van der Waals surface area (Å²) < 4.78 is 0. The van der Waals surface area contributed by atoms with E-state index in [1.807, 2.05) is 0 Å². The van der Waals surface area contributed by atoms with Gasteiger partial charge in [-0.3, -0.25) is 9.59 Å². The van der Waals surface area contributed by atoms with Crippen LogP contribution in [0.25, 0.3) is 0 Å². The van der Waals surface area contributed by atoms with Gasteiger partial charge in [-0.05, 0) is 13.3 Å². The van der Waals surface area contributed by atoms with Crippen molar-refractivity contribution in [2.75, 3.05) is 27.2 Å². The van der Waals surface area contributed by atoms with Crippen LogP contribution in [0.4, 0.5) is 4.79 Å². The van der Waals surface area contributed by atoms with Crippen molar-refractivity contribution < 1.29 is 24.3 Å². The van der Waals surface area contributed by atoms with E-state index in [1.54, 1.807) is 21.0 Å². The van der Waals surface area contributed by atoms with Crippen molar-refractivity contribution in [3.8, 4) is 0 Å². The zero-order valence-electron chi connectivity index (χ0n) is 12.5. The van der Waals surface area contributed by atoms with Gasteiger partial charge in [-0.25, -0.2) is 9.59 Å². The van der Waals surface area contributed by atoms with Crippen LogP contribution < -0.4 is 11.1 Å². The van der Waals surface area contributed by atoms with E-state index in [2.05, 4.69) is 5.32 Å². The molecular formula is C12H22N4O5. The van der Waals surface area contributed by atoms with Crippen LogP contribution in [-0.4, -0.2) is 71.9 Å². The fourth-order valence-corrected chi connectivity index (χ4v) is 1.42. The summed E-state index contributed by atoms with van der Waals surface area (Å²) in [6.07, 6.45) is -0.254. The zero-order valence-corrected chi connectivity index (χ0v) is 12.5. The van der Waals surface area contributed by atoms with Crippen LogP contribution in [0.2, 0.25) is 0 Å². The van der Waals surface area contributed by atoms with Gasteiger partial charge in [0.15, 0.2) is 0 Å². The highest BCUT2D eigenvalue weighted by molar-refractivity contribution is 5.86. The quantitative estimate of drug-likeness (QED) is 0.519. The third-order valence-electron chi connectivity index (χ3n) is 2.77. The standard InChI is InChI=1S/C12H22N4O5/c1-4-16(7-10(18)15(2)3)12(21)14-8(11(19)20)5-6-9(13)17/h8H,4-7H2,1-3H3,(H2,13,17)(H,14,21)(H,19,20)/t8-/m0/s1. The molecule has 0 saturated carbocycles. The van der Waals surface area contributed by atoms with Crippen LogP contribution in [0.1, 0.15) is 19.8 Å². The lowest BCUT2D eigenvalue weighted by Gasteiger charge is -2.24. The van der Waals surface area contributed by atoms with Crippen LogP contribution >= 0.6 is 0 Å². The summed E-state index contributed by atoms with van der Waals surface area (Å²) in [6.45, 7) is 1.76. The largest absolute Gasteiger partial charge is 0.480 e. The zero-order chi connectivity index (χ0) is 16.6. The first-order chi connectivity index (χ1) is 9.68. The van der Waals surface area contributed by atoms with Gasteiger partial charge in [0.05, 0.1) is 0 Å². The molecule has 0 saturated heterocycles. The summed E-state index contributed by atoms with van der Waals surface area (Å²) in [7, 11) is 3.11. The SMILES string of the molecule is CCN(CC(=O)N(C)C)C(=O)N[C@@H](CCC(N)=O)C(=O)O. The second-order valence-electron chi connectivity index (χ2n) is 4.65. The van der Waals surface area contributed by atoms with Gasteiger partial charge in [0.2, 0.25) is 11.8 Å². The minimum atomic E-state index is -1.26. The van der Waals surface area contributed by atoms with Crippen LogP contribution in [-0.2, 0) is 14.4 Å². The average Bonchev–Trinajstić information content (AvgIpc) is 2.39. The highest BCUT2D eigenvalue weighted by atomic mass is 16.4. The van der Waals surface area contributed by atoms with E-state index in [9.17, 15) is 19.2 Å². The molecule has 21 heavy (non-hydrogen) atoms. The number of nitrogens with one attached hydrogen (secondary N) is 1. The van der Waals surface area contributed by atoms with Crippen molar-refractivity contribution in [3.63, 3.8) is 0 Å². The normalized spacial score (nSPS) is 11.4. The van der Waals surface area contributed by atoms with Gasteiger partial charge in [0.1, 0.15) is 12.6 Å². The maximum atomic E-state index is 12.0. The molecule has 9 nitrogen and oxygen atoms in total. The molecular weight excluding hydrogens is 280 g/mol. The van der Waals surface area contributed by atoms with Gasteiger partial charge in [-0.2, -0.15) is 0 Å². The summed E-state index contributed by atoms with van der Waals surface area (Å²) in [4.78, 5) is 47.8. The Labute approximate surface area is 123 Å². The summed E-state index contributed by atoms with van der Waals surface area (Å²) >= 11 is 0.